The Labute approximate surface area is 298 Å². The van der Waals surface area contributed by atoms with Gasteiger partial charge in [0.25, 0.3) is 0 Å². The van der Waals surface area contributed by atoms with Crippen molar-refractivity contribution in [2.45, 2.75) is 26.9 Å². The van der Waals surface area contributed by atoms with Crippen LogP contribution in [0.1, 0.15) is 20.8 Å². The zero-order valence-corrected chi connectivity index (χ0v) is 30.6. The lowest BCUT2D eigenvalue weighted by molar-refractivity contribution is -0.114. The van der Waals surface area contributed by atoms with E-state index < -0.39 is 0 Å². The molecule has 0 fully saturated rings. The third-order valence-electron chi connectivity index (χ3n) is 6.07. The topological polar surface area (TPSA) is 149 Å². The van der Waals surface area contributed by atoms with Crippen LogP contribution in [0.5, 0.6) is 5.75 Å². The molecule has 50 heavy (non-hydrogen) atoms. The van der Waals surface area contributed by atoms with Gasteiger partial charge < -0.3 is 66.9 Å². The van der Waals surface area contributed by atoms with Gasteiger partial charge in [0.2, 0.25) is 5.91 Å². The predicted molar refractivity (Wildman–Crippen MR) is 186 cm³/mol. The maximum absolute atomic E-state index is 11.0. The highest BCUT2D eigenvalue weighted by Crippen LogP contribution is 2.15. The quantitative estimate of drug-likeness (QED) is 0.0993. The number of carbonyl (C=O) groups is 1. The third-order valence-corrected chi connectivity index (χ3v) is 6.07. The summed E-state index contributed by atoms with van der Waals surface area (Å²) < 4.78 is 71.2. The summed E-state index contributed by atoms with van der Waals surface area (Å²) in [5.41, 5.74) is 0.731. The van der Waals surface area contributed by atoms with Crippen molar-refractivity contribution in [3.05, 3.63) is 24.3 Å². The van der Waals surface area contributed by atoms with E-state index in [0.717, 1.165) is 5.69 Å². The van der Waals surface area contributed by atoms with Crippen molar-refractivity contribution in [3.8, 4) is 5.75 Å². The van der Waals surface area contributed by atoms with Gasteiger partial charge in [0.1, 0.15) is 12.4 Å². The van der Waals surface area contributed by atoms with E-state index in [4.69, 9.17) is 61.6 Å². The number of amides is 1. The van der Waals surface area contributed by atoms with Gasteiger partial charge >= 0.3 is 0 Å². The second-order valence-electron chi connectivity index (χ2n) is 10.7. The first-order valence-electron chi connectivity index (χ1n) is 17.5. The van der Waals surface area contributed by atoms with E-state index in [1.807, 2.05) is 13.8 Å². The van der Waals surface area contributed by atoms with E-state index in [2.05, 4.69) is 5.32 Å². The first kappa shape index (κ1) is 46.0. The molecule has 0 aliphatic heterocycles. The molecule has 0 unspecified atom stereocenters. The average Bonchev–Trinajstić information content (AvgIpc) is 3.10. The molecule has 0 aliphatic carbocycles. The lowest BCUT2D eigenvalue weighted by Crippen LogP contribution is -2.15. The highest BCUT2D eigenvalue weighted by Gasteiger charge is 1.99. The minimum Gasteiger partial charge on any atom is -0.491 e. The Balaban J connectivity index is 1.65. The summed E-state index contributed by atoms with van der Waals surface area (Å²) in [5, 5.41) is 2.71. The second kappa shape index (κ2) is 36.8. The average molecular weight is 722 g/mol. The van der Waals surface area contributed by atoms with E-state index in [0.29, 0.717) is 164 Å². The summed E-state index contributed by atoms with van der Waals surface area (Å²) in [4.78, 5) is 11.0. The summed E-state index contributed by atoms with van der Waals surface area (Å²) in [6.45, 7) is 17.7. The molecule has 0 atom stereocenters. The summed E-state index contributed by atoms with van der Waals surface area (Å²) >= 11 is 0. The Morgan fingerprint density at radius 2 is 0.700 bits per heavy atom. The number of anilines is 1. The van der Waals surface area contributed by atoms with Gasteiger partial charge in [-0.3, -0.25) is 4.79 Å². The third kappa shape index (κ3) is 34.5. The minimum absolute atomic E-state index is 0.109. The first-order valence-corrected chi connectivity index (χ1v) is 17.5. The molecule has 0 bridgehead atoms. The molecule has 0 spiro atoms. The van der Waals surface area contributed by atoms with Crippen molar-refractivity contribution >= 4 is 11.6 Å². The predicted octanol–water partition coefficient (Wildman–Crippen LogP) is 2.63. The van der Waals surface area contributed by atoms with E-state index >= 15 is 0 Å². The van der Waals surface area contributed by atoms with Crippen molar-refractivity contribution < 1.29 is 66.4 Å². The fourth-order valence-corrected chi connectivity index (χ4v) is 3.70. The van der Waals surface area contributed by atoms with Crippen molar-refractivity contribution in [1.29, 1.82) is 0 Å². The van der Waals surface area contributed by atoms with Crippen molar-refractivity contribution in [2.75, 3.05) is 164 Å². The fourth-order valence-electron chi connectivity index (χ4n) is 3.70. The number of carbonyl (C=O) groups excluding carboxylic acids is 1. The molecule has 1 N–H and O–H groups in total. The van der Waals surface area contributed by atoms with Gasteiger partial charge in [0.05, 0.1) is 158 Å². The van der Waals surface area contributed by atoms with Gasteiger partial charge in [-0.2, -0.15) is 0 Å². The SMILES string of the molecule is CC(=O)Nc1ccc(OCCOCCOCCOCCOCCOCCOCCOCCOCCOCCOCCOCCOC(C)C)cc1. The van der Waals surface area contributed by atoms with Gasteiger partial charge in [-0.1, -0.05) is 0 Å². The molecule has 0 radical (unpaired) electrons. The van der Waals surface area contributed by atoms with Crippen LogP contribution in [0.4, 0.5) is 5.69 Å². The molecule has 1 rings (SSSR count). The van der Waals surface area contributed by atoms with Crippen LogP contribution < -0.4 is 10.1 Å². The number of rotatable bonds is 39. The van der Waals surface area contributed by atoms with E-state index in [-0.39, 0.29) is 12.0 Å². The maximum Gasteiger partial charge on any atom is 0.221 e. The van der Waals surface area contributed by atoms with Crippen LogP contribution in [0, 0.1) is 0 Å². The van der Waals surface area contributed by atoms with Crippen LogP contribution in [0.15, 0.2) is 24.3 Å². The largest absolute Gasteiger partial charge is 0.491 e. The Morgan fingerprint density at radius 1 is 0.440 bits per heavy atom. The van der Waals surface area contributed by atoms with Gasteiger partial charge in [0, 0.05) is 12.6 Å². The summed E-state index contributed by atoms with van der Waals surface area (Å²) in [7, 11) is 0. The van der Waals surface area contributed by atoms with Crippen molar-refractivity contribution in [2.24, 2.45) is 0 Å². The zero-order chi connectivity index (χ0) is 36.0. The fraction of sp³-hybridized carbons (Fsp3) is 0.800. The maximum atomic E-state index is 11.0. The van der Waals surface area contributed by atoms with Gasteiger partial charge in [-0.15, -0.1) is 0 Å². The number of hydrogen-bond acceptors (Lipinski definition) is 14. The molecular formula is C35H63NO14. The molecule has 0 aliphatic rings. The van der Waals surface area contributed by atoms with Crippen LogP contribution in [0.25, 0.3) is 0 Å². The number of ether oxygens (including phenoxy) is 13. The second-order valence-corrected chi connectivity index (χ2v) is 10.7. The zero-order valence-electron chi connectivity index (χ0n) is 30.6. The first-order chi connectivity index (χ1) is 24.6. The monoisotopic (exact) mass is 721 g/mol. The molecule has 15 nitrogen and oxygen atoms in total. The molecule has 1 aromatic carbocycles. The smallest absolute Gasteiger partial charge is 0.221 e. The highest BCUT2D eigenvalue weighted by atomic mass is 16.6. The lowest BCUT2D eigenvalue weighted by Gasteiger charge is -2.09. The Morgan fingerprint density at radius 3 is 0.960 bits per heavy atom. The van der Waals surface area contributed by atoms with Gasteiger partial charge in [0.15, 0.2) is 0 Å². The number of nitrogens with one attached hydrogen (secondary N) is 1. The van der Waals surface area contributed by atoms with Crippen molar-refractivity contribution in [3.63, 3.8) is 0 Å². The van der Waals surface area contributed by atoms with Gasteiger partial charge in [-0.05, 0) is 38.1 Å². The normalized spacial score (nSPS) is 11.4. The van der Waals surface area contributed by atoms with Crippen LogP contribution in [-0.2, 0) is 61.6 Å². The molecule has 0 aromatic heterocycles. The Bertz CT molecular complexity index is 849. The van der Waals surface area contributed by atoms with Crippen LogP contribution in [-0.4, -0.2) is 171 Å². The van der Waals surface area contributed by atoms with E-state index in [9.17, 15) is 4.79 Å². The highest BCUT2D eigenvalue weighted by molar-refractivity contribution is 5.88. The summed E-state index contributed by atoms with van der Waals surface area (Å²) in [5.74, 6) is 0.607. The number of hydrogen-bond donors (Lipinski definition) is 1. The van der Waals surface area contributed by atoms with E-state index in [1.165, 1.54) is 6.92 Å². The van der Waals surface area contributed by atoms with Crippen LogP contribution >= 0.6 is 0 Å². The van der Waals surface area contributed by atoms with Gasteiger partial charge in [-0.25, -0.2) is 0 Å². The molecule has 1 aromatic rings. The summed E-state index contributed by atoms with van der Waals surface area (Å²) in [6.07, 6.45) is 0.227. The molecule has 0 saturated heterocycles. The molecule has 15 heteroatoms. The standard InChI is InChI=1S/C35H63NO14/c1-32(2)49-30-28-47-26-24-45-22-20-43-18-16-41-14-12-39-10-8-38-9-11-40-13-15-42-17-19-44-21-23-46-25-27-48-29-31-50-35-6-4-34(5-7-35)36-33(3)37/h4-7,32H,8-31H2,1-3H3,(H,36,37). The molecule has 1 amide bonds. The van der Waals surface area contributed by atoms with Crippen LogP contribution in [0.2, 0.25) is 0 Å². The lowest BCUT2D eigenvalue weighted by atomic mass is 10.3. The Kier molecular flexibility index (Phi) is 33.9. The van der Waals surface area contributed by atoms with Crippen molar-refractivity contribution in [1.82, 2.24) is 0 Å². The minimum atomic E-state index is -0.109. The molecule has 292 valence electrons. The Hall–Kier alpha value is -1.99. The summed E-state index contributed by atoms with van der Waals surface area (Å²) in [6, 6.07) is 7.18. The molecule has 0 heterocycles. The molecule has 0 saturated carbocycles. The van der Waals surface area contributed by atoms with Crippen LogP contribution in [0.3, 0.4) is 0 Å². The molecular weight excluding hydrogens is 658 g/mol. The van der Waals surface area contributed by atoms with E-state index in [1.54, 1.807) is 24.3 Å². The number of benzene rings is 1.